The highest BCUT2D eigenvalue weighted by molar-refractivity contribution is 5.39. The number of hydrogen-bond acceptors (Lipinski definition) is 2. The molecule has 0 aliphatic carbocycles. The van der Waals surface area contributed by atoms with Crippen LogP contribution in [0, 0.1) is 0 Å². The largest absolute Gasteiger partial charge is 0.494 e. The molecular formula is C15H22O2. The number of aryl methyl sites for hydroxylation is 1. The zero-order chi connectivity index (χ0) is 12.3. The van der Waals surface area contributed by atoms with E-state index in [2.05, 4.69) is 32.0 Å². The van der Waals surface area contributed by atoms with Crippen molar-refractivity contribution < 1.29 is 9.47 Å². The van der Waals surface area contributed by atoms with Gasteiger partial charge in [-0.1, -0.05) is 26.0 Å². The summed E-state index contributed by atoms with van der Waals surface area (Å²) in [4.78, 5) is 0. The van der Waals surface area contributed by atoms with Crippen molar-refractivity contribution in [1.29, 1.82) is 0 Å². The second-order valence-electron chi connectivity index (χ2n) is 4.95. The van der Waals surface area contributed by atoms with E-state index in [0.717, 1.165) is 31.8 Å². The summed E-state index contributed by atoms with van der Waals surface area (Å²) in [5, 5.41) is 0. The first-order valence-electron chi connectivity index (χ1n) is 6.58. The lowest BCUT2D eigenvalue weighted by Crippen LogP contribution is -2.00. The molecule has 1 fully saturated rings. The molecule has 0 amide bonds. The topological polar surface area (TPSA) is 21.8 Å². The zero-order valence-corrected chi connectivity index (χ0v) is 11.0. The van der Waals surface area contributed by atoms with Gasteiger partial charge < -0.3 is 9.47 Å². The zero-order valence-electron chi connectivity index (χ0n) is 11.0. The van der Waals surface area contributed by atoms with Gasteiger partial charge in [-0.05, 0) is 42.9 Å². The molecule has 1 aromatic rings. The van der Waals surface area contributed by atoms with Gasteiger partial charge in [-0.2, -0.15) is 0 Å². The molecule has 1 aliphatic rings. The number of rotatable bonds is 6. The van der Waals surface area contributed by atoms with E-state index in [1.54, 1.807) is 0 Å². The molecule has 1 unspecified atom stereocenters. The first-order chi connectivity index (χ1) is 8.20. The monoisotopic (exact) mass is 234 g/mol. The number of hydrogen-bond donors (Lipinski definition) is 0. The van der Waals surface area contributed by atoms with Gasteiger partial charge in [0, 0.05) is 0 Å². The first kappa shape index (κ1) is 12.4. The van der Waals surface area contributed by atoms with Crippen LogP contribution in [-0.4, -0.2) is 19.3 Å². The summed E-state index contributed by atoms with van der Waals surface area (Å²) in [5.74, 6) is 1.54. The maximum absolute atomic E-state index is 5.67. The summed E-state index contributed by atoms with van der Waals surface area (Å²) in [7, 11) is 0. The van der Waals surface area contributed by atoms with Crippen molar-refractivity contribution in [3.05, 3.63) is 29.3 Å². The van der Waals surface area contributed by atoms with Gasteiger partial charge in [0.1, 0.15) is 5.75 Å². The molecule has 0 aromatic heterocycles. The Morgan fingerprint density at radius 3 is 2.76 bits per heavy atom. The Bertz CT molecular complexity index is 367. The van der Waals surface area contributed by atoms with E-state index in [4.69, 9.17) is 9.47 Å². The van der Waals surface area contributed by atoms with Crippen molar-refractivity contribution in [2.45, 2.75) is 45.6 Å². The number of benzene rings is 1. The van der Waals surface area contributed by atoms with Crippen LogP contribution in [0.3, 0.4) is 0 Å². The van der Waals surface area contributed by atoms with Gasteiger partial charge in [0.25, 0.3) is 0 Å². The van der Waals surface area contributed by atoms with E-state index >= 15 is 0 Å². The minimum Gasteiger partial charge on any atom is -0.494 e. The molecule has 0 radical (unpaired) electrons. The van der Waals surface area contributed by atoms with Crippen LogP contribution in [-0.2, 0) is 11.2 Å². The Balaban J connectivity index is 2.09. The van der Waals surface area contributed by atoms with Gasteiger partial charge in [-0.3, -0.25) is 0 Å². The van der Waals surface area contributed by atoms with Crippen LogP contribution in [0.5, 0.6) is 5.75 Å². The molecule has 0 bridgehead atoms. The van der Waals surface area contributed by atoms with Crippen molar-refractivity contribution in [3.8, 4) is 5.75 Å². The molecule has 0 saturated carbocycles. The first-order valence-corrected chi connectivity index (χ1v) is 6.58. The van der Waals surface area contributed by atoms with Crippen molar-refractivity contribution in [1.82, 2.24) is 0 Å². The van der Waals surface area contributed by atoms with E-state index in [1.165, 1.54) is 11.1 Å². The minimum absolute atomic E-state index is 0.508. The summed E-state index contributed by atoms with van der Waals surface area (Å²) in [6.07, 6.45) is 2.77. The molecule has 2 nitrogen and oxygen atoms in total. The summed E-state index contributed by atoms with van der Waals surface area (Å²) in [5.41, 5.74) is 2.72. The van der Waals surface area contributed by atoms with Crippen molar-refractivity contribution in [2.75, 3.05) is 13.2 Å². The average molecular weight is 234 g/mol. The third kappa shape index (κ3) is 3.47. The third-order valence-corrected chi connectivity index (χ3v) is 3.15. The second kappa shape index (κ2) is 5.54. The molecular weight excluding hydrogens is 212 g/mol. The number of epoxide rings is 1. The fourth-order valence-corrected chi connectivity index (χ4v) is 2.05. The van der Waals surface area contributed by atoms with E-state index in [1.807, 2.05) is 6.92 Å². The van der Waals surface area contributed by atoms with Crippen LogP contribution in [0.25, 0.3) is 0 Å². The van der Waals surface area contributed by atoms with Gasteiger partial charge in [0.15, 0.2) is 0 Å². The van der Waals surface area contributed by atoms with Crippen LogP contribution < -0.4 is 4.74 Å². The van der Waals surface area contributed by atoms with Crippen molar-refractivity contribution in [2.24, 2.45) is 0 Å². The van der Waals surface area contributed by atoms with E-state index in [0.29, 0.717) is 12.0 Å². The van der Waals surface area contributed by atoms with Gasteiger partial charge in [-0.25, -0.2) is 0 Å². The predicted octanol–water partition coefficient (Wildman–Crippen LogP) is 3.54. The summed E-state index contributed by atoms with van der Waals surface area (Å²) < 4.78 is 10.9. The van der Waals surface area contributed by atoms with Gasteiger partial charge in [-0.15, -0.1) is 0 Å². The maximum atomic E-state index is 5.67. The highest BCUT2D eigenvalue weighted by atomic mass is 16.6. The predicted molar refractivity (Wildman–Crippen MR) is 69.8 cm³/mol. The summed E-state index contributed by atoms with van der Waals surface area (Å²) in [6.45, 7) is 8.14. The van der Waals surface area contributed by atoms with Crippen molar-refractivity contribution in [3.63, 3.8) is 0 Å². The molecule has 2 heteroatoms. The van der Waals surface area contributed by atoms with Crippen LogP contribution in [0.15, 0.2) is 18.2 Å². The van der Waals surface area contributed by atoms with E-state index in [-0.39, 0.29) is 0 Å². The van der Waals surface area contributed by atoms with Crippen LogP contribution in [0.1, 0.15) is 44.2 Å². The highest BCUT2D eigenvalue weighted by Crippen LogP contribution is 2.28. The smallest absolute Gasteiger partial charge is 0.122 e. The average Bonchev–Trinajstić information content (AvgIpc) is 3.11. The lowest BCUT2D eigenvalue weighted by Gasteiger charge is -2.14. The standard InChI is InChI=1S/C15H22O2/c1-4-16-15-8-6-12(5-7-13-10-17-13)9-14(15)11(2)3/h6,8-9,11,13H,4-5,7,10H2,1-3H3. The van der Waals surface area contributed by atoms with Crippen LogP contribution >= 0.6 is 0 Å². The van der Waals surface area contributed by atoms with Gasteiger partial charge >= 0.3 is 0 Å². The Labute approximate surface area is 104 Å². The normalized spacial score (nSPS) is 18.5. The third-order valence-electron chi connectivity index (χ3n) is 3.15. The Morgan fingerprint density at radius 1 is 1.41 bits per heavy atom. The SMILES string of the molecule is CCOc1ccc(CCC2CO2)cc1C(C)C. The lowest BCUT2D eigenvalue weighted by atomic mass is 9.97. The second-order valence-corrected chi connectivity index (χ2v) is 4.95. The Kier molecular flexibility index (Phi) is 4.06. The Hall–Kier alpha value is -1.02. The van der Waals surface area contributed by atoms with Gasteiger partial charge in [0.2, 0.25) is 0 Å². The fourth-order valence-electron chi connectivity index (χ4n) is 2.05. The molecule has 0 spiro atoms. The molecule has 1 aliphatic heterocycles. The molecule has 1 aromatic carbocycles. The maximum Gasteiger partial charge on any atom is 0.122 e. The molecule has 94 valence electrons. The van der Waals surface area contributed by atoms with E-state index in [9.17, 15) is 0 Å². The Morgan fingerprint density at radius 2 is 2.18 bits per heavy atom. The van der Waals surface area contributed by atoms with Crippen LogP contribution in [0.2, 0.25) is 0 Å². The van der Waals surface area contributed by atoms with Gasteiger partial charge in [0.05, 0.1) is 19.3 Å². The molecule has 1 saturated heterocycles. The minimum atomic E-state index is 0.508. The molecule has 2 rings (SSSR count). The summed E-state index contributed by atoms with van der Waals surface area (Å²) in [6, 6.07) is 6.58. The molecule has 1 atom stereocenters. The molecule has 0 N–H and O–H groups in total. The lowest BCUT2D eigenvalue weighted by molar-refractivity contribution is 0.335. The molecule has 17 heavy (non-hydrogen) atoms. The molecule has 1 heterocycles. The quantitative estimate of drug-likeness (QED) is 0.702. The van der Waals surface area contributed by atoms with Crippen LogP contribution in [0.4, 0.5) is 0 Å². The van der Waals surface area contributed by atoms with E-state index < -0.39 is 0 Å². The number of ether oxygens (including phenoxy) is 2. The summed E-state index contributed by atoms with van der Waals surface area (Å²) >= 11 is 0. The highest BCUT2D eigenvalue weighted by Gasteiger charge is 2.21. The van der Waals surface area contributed by atoms with Crippen molar-refractivity contribution >= 4 is 0 Å². The fraction of sp³-hybridized carbons (Fsp3) is 0.600.